The van der Waals surface area contributed by atoms with Crippen molar-refractivity contribution in [2.45, 2.75) is 20.3 Å². The highest BCUT2D eigenvalue weighted by atomic mass is 19.1. The van der Waals surface area contributed by atoms with Gasteiger partial charge in [0.25, 0.3) is 0 Å². The number of halogens is 2. The summed E-state index contributed by atoms with van der Waals surface area (Å²) in [5.74, 6) is -0.545. The minimum Gasteiger partial charge on any atom is -0.370 e. The fourth-order valence-corrected chi connectivity index (χ4v) is 1.82. The van der Waals surface area contributed by atoms with E-state index in [1.165, 1.54) is 18.5 Å². The zero-order chi connectivity index (χ0) is 13.8. The summed E-state index contributed by atoms with van der Waals surface area (Å²) in [7, 11) is 0. The normalized spacial score (nSPS) is 10.5. The van der Waals surface area contributed by atoms with Crippen molar-refractivity contribution in [1.82, 2.24) is 9.97 Å². The molecule has 0 atom stereocenters. The van der Waals surface area contributed by atoms with E-state index in [2.05, 4.69) is 15.3 Å². The quantitative estimate of drug-likeness (QED) is 0.916. The third-order valence-corrected chi connectivity index (χ3v) is 2.81. The van der Waals surface area contributed by atoms with Crippen LogP contribution >= 0.6 is 0 Å². The first-order valence-electron chi connectivity index (χ1n) is 6.14. The van der Waals surface area contributed by atoms with Gasteiger partial charge in [0, 0.05) is 23.7 Å². The maximum absolute atomic E-state index is 13.8. The van der Waals surface area contributed by atoms with Gasteiger partial charge in [-0.1, -0.05) is 6.92 Å². The summed E-state index contributed by atoms with van der Waals surface area (Å²) >= 11 is 0. The molecule has 0 unspecified atom stereocenters. The van der Waals surface area contributed by atoms with Gasteiger partial charge in [0.1, 0.15) is 23.8 Å². The molecule has 0 bridgehead atoms. The monoisotopic (exact) mass is 263 g/mol. The number of anilines is 1. The molecular formula is C14H15F2N3. The van der Waals surface area contributed by atoms with Gasteiger partial charge < -0.3 is 5.32 Å². The fraction of sp³-hybridized carbons (Fsp3) is 0.286. The van der Waals surface area contributed by atoms with Crippen molar-refractivity contribution in [1.29, 1.82) is 0 Å². The van der Waals surface area contributed by atoms with Crippen molar-refractivity contribution in [3.05, 3.63) is 41.7 Å². The molecule has 0 saturated carbocycles. The van der Waals surface area contributed by atoms with E-state index in [1.807, 2.05) is 13.8 Å². The molecule has 5 heteroatoms. The first kappa shape index (κ1) is 13.4. The average Bonchev–Trinajstić information content (AvgIpc) is 2.38. The standard InChI is InChI=1S/C14H15F2N3/c1-3-6-17-14-9(2)13(18-8-19-14)11-5-4-10(15)7-12(11)16/h4-5,7-8H,3,6H2,1-2H3,(H,17,18,19). The molecule has 0 spiro atoms. The predicted octanol–water partition coefficient (Wildman–Crippen LogP) is 3.55. The highest BCUT2D eigenvalue weighted by Gasteiger charge is 2.13. The lowest BCUT2D eigenvalue weighted by molar-refractivity contribution is 0.585. The van der Waals surface area contributed by atoms with Crippen LogP contribution < -0.4 is 5.32 Å². The van der Waals surface area contributed by atoms with Crippen LogP contribution in [-0.4, -0.2) is 16.5 Å². The Bertz CT molecular complexity index is 585. The van der Waals surface area contributed by atoms with Gasteiger partial charge in [-0.2, -0.15) is 0 Å². The molecule has 1 aromatic heterocycles. The lowest BCUT2D eigenvalue weighted by Gasteiger charge is -2.11. The van der Waals surface area contributed by atoms with Crippen molar-refractivity contribution < 1.29 is 8.78 Å². The predicted molar refractivity (Wildman–Crippen MR) is 70.9 cm³/mol. The van der Waals surface area contributed by atoms with Gasteiger partial charge in [-0.3, -0.25) is 0 Å². The summed E-state index contributed by atoms with van der Waals surface area (Å²) in [5, 5.41) is 3.16. The molecule has 2 rings (SSSR count). The van der Waals surface area contributed by atoms with E-state index < -0.39 is 11.6 Å². The Morgan fingerprint density at radius 3 is 2.68 bits per heavy atom. The van der Waals surface area contributed by atoms with Gasteiger partial charge in [0.2, 0.25) is 0 Å². The Hall–Kier alpha value is -2.04. The van der Waals surface area contributed by atoms with Gasteiger partial charge in [-0.15, -0.1) is 0 Å². The summed E-state index contributed by atoms with van der Waals surface area (Å²) in [5.41, 5.74) is 1.51. The lowest BCUT2D eigenvalue weighted by Crippen LogP contribution is -2.06. The van der Waals surface area contributed by atoms with Crippen molar-refractivity contribution >= 4 is 5.82 Å². The molecule has 0 fully saturated rings. The second-order valence-electron chi connectivity index (χ2n) is 4.25. The van der Waals surface area contributed by atoms with E-state index >= 15 is 0 Å². The Kier molecular flexibility index (Phi) is 4.04. The van der Waals surface area contributed by atoms with Crippen molar-refractivity contribution in [3.8, 4) is 11.3 Å². The molecule has 1 N–H and O–H groups in total. The molecule has 100 valence electrons. The van der Waals surface area contributed by atoms with Gasteiger partial charge >= 0.3 is 0 Å². The minimum atomic E-state index is -0.622. The third kappa shape index (κ3) is 2.86. The molecule has 1 heterocycles. The van der Waals surface area contributed by atoms with Crippen molar-refractivity contribution in [3.63, 3.8) is 0 Å². The molecule has 0 aliphatic heterocycles. The number of nitrogens with one attached hydrogen (secondary N) is 1. The number of aromatic nitrogens is 2. The molecule has 19 heavy (non-hydrogen) atoms. The molecule has 1 aromatic carbocycles. The number of benzene rings is 1. The van der Waals surface area contributed by atoms with E-state index in [0.29, 0.717) is 11.5 Å². The Morgan fingerprint density at radius 1 is 1.21 bits per heavy atom. The van der Waals surface area contributed by atoms with Crippen LogP contribution in [0.15, 0.2) is 24.5 Å². The van der Waals surface area contributed by atoms with Crippen LogP contribution in [0.5, 0.6) is 0 Å². The first-order chi connectivity index (χ1) is 9.13. The molecule has 0 saturated heterocycles. The maximum atomic E-state index is 13.8. The highest BCUT2D eigenvalue weighted by Crippen LogP contribution is 2.27. The van der Waals surface area contributed by atoms with Crippen LogP contribution in [0.3, 0.4) is 0 Å². The number of hydrogen-bond donors (Lipinski definition) is 1. The Labute approximate surface area is 110 Å². The zero-order valence-corrected chi connectivity index (χ0v) is 10.9. The lowest BCUT2D eigenvalue weighted by atomic mass is 10.1. The van der Waals surface area contributed by atoms with Gasteiger partial charge in [0.15, 0.2) is 0 Å². The molecule has 0 aliphatic rings. The minimum absolute atomic E-state index is 0.279. The number of rotatable bonds is 4. The second-order valence-corrected chi connectivity index (χ2v) is 4.25. The Morgan fingerprint density at radius 2 is 2.00 bits per heavy atom. The smallest absolute Gasteiger partial charge is 0.135 e. The van der Waals surface area contributed by atoms with Crippen LogP contribution in [0.4, 0.5) is 14.6 Å². The van der Waals surface area contributed by atoms with Gasteiger partial charge in [-0.25, -0.2) is 18.7 Å². The van der Waals surface area contributed by atoms with Crippen LogP contribution in [0.2, 0.25) is 0 Å². The van der Waals surface area contributed by atoms with Crippen LogP contribution in [0.1, 0.15) is 18.9 Å². The Balaban J connectivity index is 2.44. The highest BCUT2D eigenvalue weighted by molar-refractivity contribution is 5.68. The average molecular weight is 263 g/mol. The molecular weight excluding hydrogens is 248 g/mol. The first-order valence-corrected chi connectivity index (χ1v) is 6.14. The summed E-state index contributed by atoms with van der Waals surface area (Å²) < 4.78 is 26.7. The molecule has 0 amide bonds. The van der Waals surface area contributed by atoms with Crippen LogP contribution in [0, 0.1) is 18.6 Å². The van der Waals surface area contributed by atoms with E-state index in [9.17, 15) is 8.78 Å². The molecule has 2 aromatic rings. The van der Waals surface area contributed by atoms with E-state index in [4.69, 9.17) is 0 Å². The largest absolute Gasteiger partial charge is 0.370 e. The van der Waals surface area contributed by atoms with Crippen molar-refractivity contribution in [2.24, 2.45) is 0 Å². The molecule has 0 radical (unpaired) electrons. The topological polar surface area (TPSA) is 37.8 Å². The number of hydrogen-bond acceptors (Lipinski definition) is 3. The molecule has 3 nitrogen and oxygen atoms in total. The maximum Gasteiger partial charge on any atom is 0.135 e. The fourth-order valence-electron chi connectivity index (χ4n) is 1.82. The SMILES string of the molecule is CCCNc1ncnc(-c2ccc(F)cc2F)c1C. The van der Waals surface area contributed by atoms with Crippen LogP contribution in [0.25, 0.3) is 11.3 Å². The van der Waals surface area contributed by atoms with Gasteiger partial charge in [0.05, 0.1) is 5.69 Å². The van der Waals surface area contributed by atoms with Crippen molar-refractivity contribution in [2.75, 3.05) is 11.9 Å². The zero-order valence-electron chi connectivity index (χ0n) is 10.9. The third-order valence-electron chi connectivity index (χ3n) is 2.81. The van der Waals surface area contributed by atoms with E-state index in [1.54, 1.807) is 0 Å². The van der Waals surface area contributed by atoms with Crippen LogP contribution in [-0.2, 0) is 0 Å². The van der Waals surface area contributed by atoms with E-state index in [-0.39, 0.29) is 5.56 Å². The molecule has 0 aliphatic carbocycles. The summed E-state index contributed by atoms with van der Waals surface area (Å²) in [6, 6.07) is 3.47. The van der Waals surface area contributed by atoms with E-state index in [0.717, 1.165) is 24.6 Å². The summed E-state index contributed by atoms with van der Waals surface area (Å²) in [6.07, 6.45) is 2.34. The summed E-state index contributed by atoms with van der Waals surface area (Å²) in [6.45, 7) is 4.64. The van der Waals surface area contributed by atoms with Gasteiger partial charge in [-0.05, 0) is 25.5 Å². The number of nitrogens with zero attached hydrogens (tertiary/aromatic N) is 2. The summed E-state index contributed by atoms with van der Waals surface area (Å²) in [4.78, 5) is 8.22. The second kappa shape index (κ2) is 5.73.